The van der Waals surface area contributed by atoms with Gasteiger partial charge in [-0.2, -0.15) is 0 Å². The van der Waals surface area contributed by atoms with Crippen LogP contribution in [0.4, 0.5) is 5.69 Å². The van der Waals surface area contributed by atoms with Crippen LogP contribution < -0.4 is 5.32 Å². The van der Waals surface area contributed by atoms with Gasteiger partial charge in [0.1, 0.15) is 0 Å². The molecule has 1 N–H and O–H groups in total. The standard InChI is InChI=1S/C10H10BrNO3/c1-6-7(11)3-4-8(12-5-13)9(6)10(14)15-2/h3-5H,1-2H3,(H,12,13). The third-order valence-corrected chi connectivity index (χ3v) is 2.86. The Kier molecular flexibility index (Phi) is 3.85. The summed E-state index contributed by atoms with van der Waals surface area (Å²) in [5, 5.41) is 2.46. The van der Waals surface area contributed by atoms with E-state index >= 15 is 0 Å². The summed E-state index contributed by atoms with van der Waals surface area (Å²) < 4.78 is 5.43. The fourth-order valence-corrected chi connectivity index (χ4v) is 1.57. The molecule has 5 heteroatoms. The highest BCUT2D eigenvalue weighted by Gasteiger charge is 2.16. The van der Waals surface area contributed by atoms with Gasteiger partial charge in [0.2, 0.25) is 6.41 Å². The predicted molar refractivity (Wildman–Crippen MR) is 59.9 cm³/mol. The van der Waals surface area contributed by atoms with Gasteiger partial charge in [-0.15, -0.1) is 0 Å². The molecule has 1 amide bonds. The minimum Gasteiger partial charge on any atom is -0.465 e. The summed E-state index contributed by atoms with van der Waals surface area (Å²) in [6, 6.07) is 3.39. The van der Waals surface area contributed by atoms with Gasteiger partial charge in [0.05, 0.1) is 18.4 Å². The van der Waals surface area contributed by atoms with E-state index in [1.165, 1.54) is 7.11 Å². The molecule has 0 bridgehead atoms. The van der Waals surface area contributed by atoms with Crippen molar-refractivity contribution in [2.45, 2.75) is 6.92 Å². The predicted octanol–water partition coefficient (Wildman–Crippen LogP) is 2.11. The van der Waals surface area contributed by atoms with Crippen LogP contribution in [0.25, 0.3) is 0 Å². The van der Waals surface area contributed by atoms with E-state index in [9.17, 15) is 9.59 Å². The number of esters is 1. The van der Waals surface area contributed by atoms with Crippen LogP contribution in [0.15, 0.2) is 16.6 Å². The Hall–Kier alpha value is -1.36. The normalized spacial score (nSPS) is 9.53. The van der Waals surface area contributed by atoms with Crippen molar-refractivity contribution in [3.63, 3.8) is 0 Å². The first-order valence-electron chi connectivity index (χ1n) is 4.19. The molecule has 0 heterocycles. The first-order valence-corrected chi connectivity index (χ1v) is 4.98. The number of benzene rings is 1. The monoisotopic (exact) mass is 271 g/mol. The van der Waals surface area contributed by atoms with E-state index in [1.54, 1.807) is 19.1 Å². The molecule has 0 aromatic heterocycles. The summed E-state index contributed by atoms with van der Waals surface area (Å²) in [5.41, 5.74) is 1.53. The zero-order chi connectivity index (χ0) is 11.4. The molecule has 1 aromatic rings. The van der Waals surface area contributed by atoms with Crippen LogP contribution >= 0.6 is 15.9 Å². The smallest absolute Gasteiger partial charge is 0.340 e. The molecule has 1 aromatic carbocycles. The average molecular weight is 272 g/mol. The van der Waals surface area contributed by atoms with Crippen LogP contribution in [0, 0.1) is 6.92 Å². The number of methoxy groups -OCH3 is 1. The van der Waals surface area contributed by atoms with E-state index in [4.69, 9.17) is 0 Å². The van der Waals surface area contributed by atoms with E-state index in [-0.39, 0.29) is 0 Å². The lowest BCUT2D eigenvalue weighted by molar-refractivity contribution is -0.105. The van der Waals surface area contributed by atoms with Crippen LogP contribution in [0.1, 0.15) is 15.9 Å². The summed E-state index contributed by atoms with van der Waals surface area (Å²) in [6.07, 6.45) is 0.523. The van der Waals surface area contributed by atoms with E-state index < -0.39 is 5.97 Å². The first kappa shape index (κ1) is 11.7. The number of amides is 1. The van der Waals surface area contributed by atoms with E-state index in [0.29, 0.717) is 17.7 Å². The van der Waals surface area contributed by atoms with Gasteiger partial charge in [-0.3, -0.25) is 4.79 Å². The van der Waals surface area contributed by atoms with Crippen molar-refractivity contribution in [2.75, 3.05) is 12.4 Å². The number of hydrogen-bond donors (Lipinski definition) is 1. The SMILES string of the molecule is COC(=O)c1c(NC=O)ccc(Br)c1C. The third kappa shape index (κ3) is 2.36. The second-order valence-electron chi connectivity index (χ2n) is 2.85. The lowest BCUT2D eigenvalue weighted by Crippen LogP contribution is -2.09. The fourth-order valence-electron chi connectivity index (χ4n) is 1.24. The summed E-state index contributed by atoms with van der Waals surface area (Å²) >= 11 is 3.30. The minimum atomic E-state index is -0.474. The number of ether oxygens (including phenoxy) is 1. The Labute approximate surface area is 95.7 Å². The van der Waals surface area contributed by atoms with Crippen LogP contribution in [0.2, 0.25) is 0 Å². The number of halogens is 1. The highest BCUT2D eigenvalue weighted by atomic mass is 79.9. The largest absolute Gasteiger partial charge is 0.465 e. The molecule has 0 atom stereocenters. The van der Waals surface area contributed by atoms with Crippen molar-refractivity contribution in [3.8, 4) is 0 Å². The van der Waals surface area contributed by atoms with Gasteiger partial charge in [-0.05, 0) is 24.6 Å². The summed E-state index contributed by atoms with van der Waals surface area (Å²) in [6.45, 7) is 1.77. The molecule has 0 fully saturated rings. The second-order valence-corrected chi connectivity index (χ2v) is 3.70. The van der Waals surface area contributed by atoms with Gasteiger partial charge in [0.25, 0.3) is 0 Å². The van der Waals surface area contributed by atoms with Crippen molar-refractivity contribution >= 4 is 34.0 Å². The Morgan fingerprint density at radius 1 is 1.53 bits per heavy atom. The lowest BCUT2D eigenvalue weighted by atomic mass is 10.1. The van der Waals surface area contributed by atoms with Crippen molar-refractivity contribution in [3.05, 3.63) is 27.7 Å². The number of rotatable bonds is 3. The van der Waals surface area contributed by atoms with Crippen LogP contribution in [0.5, 0.6) is 0 Å². The topological polar surface area (TPSA) is 55.4 Å². The first-order chi connectivity index (χ1) is 7.11. The van der Waals surface area contributed by atoms with Gasteiger partial charge in [-0.1, -0.05) is 15.9 Å². The fraction of sp³-hybridized carbons (Fsp3) is 0.200. The van der Waals surface area contributed by atoms with Crippen molar-refractivity contribution in [1.82, 2.24) is 0 Å². The summed E-state index contributed by atoms with van der Waals surface area (Å²) in [4.78, 5) is 21.8. The zero-order valence-electron chi connectivity index (χ0n) is 8.33. The molecule has 0 aliphatic rings. The number of carbonyl (C=O) groups is 2. The molecule has 0 aliphatic carbocycles. The summed E-state index contributed by atoms with van der Waals surface area (Å²) in [5.74, 6) is -0.474. The molecule has 15 heavy (non-hydrogen) atoms. The maximum absolute atomic E-state index is 11.5. The molecular weight excluding hydrogens is 262 g/mol. The molecule has 0 saturated heterocycles. The third-order valence-electron chi connectivity index (χ3n) is 2.00. The number of nitrogens with one attached hydrogen (secondary N) is 1. The van der Waals surface area contributed by atoms with E-state index in [2.05, 4.69) is 26.0 Å². The molecule has 0 radical (unpaired) electrons. The van der Waals surface area contributed by atoms with Crippen LogP contribution in [-0.2, 0) is 9.53 Å². The number of hydrogen-bond acceptors (Lipinski definition) is 3. The van der Waals surface area contributed by atoms with Gasteiger partial charge in [0, 0.05) is 4.47 Å². The maximum atomic E-state index is 11.5. The van der Waals surface area contributed by atoms with Gasteiger partial charge in [0.15, 0.2) is 0 Å². The van der Waals surface area contributed by atoms with Crippen LogP contribution in [-0.4, -0.2) is 19.5 Å². The molecule has 0 saturated carbocycles. The van der Waals surface area contributed by atoms with Crippen molar-refractivity contribution in [1.29, 1.82) is 0 Å². The van der Waals surface area contributed by atoms with E-state index in [0.717, 1.165) is 10.0 Å². The zero-order valence-corrected chi connectivity index (χ0v) is 9.92. The Morgan fingerprint density at radius 2 is 2.20 bits per heavy atom. The van der Waals surface area contributed by atoms with Crippen molar-refractivity contribution < 1.29 is 14.3 Å². The Bertz CT molecular complexity index is 404. The second kappa shape index (κ2) is 4.93. The molecule has 4 nitrogen and oxygen atoms in total. The van der Waals surface area contributed by atoms with E-state index in [1.807, 2.05) is 0 Å². The quantitative estimate of drug-likeness (QED) is 0.677. The van der Waals surface area contributed by atoms with Gasteiger partial charge in [-0.25, -0.2) is 4.79 Å². The Morgan fingerprint density at radius 3 is 2.73 bits per heavy atom. The average Bonchev–Trinajstić information content (AvgIpc) is 2.23. The lowest BCUT2D eigenvalue weighted by Gasteiger charge is -2.10. The minimum absolute atomic E-state index is 0.360. The van der Waals surface area contributed by atoms with Crippen LogP contribution in [0.3, 0.4) is 0 Å². The maximum Gasteiger partial charge on any atom is 0.340 e. The molecule has 80 valence electrons. The number of anilines is 1. The molecule has 0 unspecified atom stereocenters. The molecule has 0 spiro atoms. The van der Waals surface area contributed by atoms with Gasteiger partial charge < -0.3 is 10.1 Å². The Balaban J connectivity index is 3.34. The number of carbonyl (C=O) groups excluding carboxylic acids is 2. The molecule has 1 rings (SSSR count). The summed E-state index contributed by atoms with van der Waals surface area (Å²) in [7, 11) is 1.30. The molecule has 0 aliphatic heterocycles. The highest BCUT2D eigenvalue weighted by molar-refractivity contribution is 9.10. The highest BCUT2D eigenvalue weighted by Crippen LogP contribution is 2.27. The van der Waals surface area contributed by atoms with Gasteiger partial charge >= 0.3 is 5.97 Å². The van der Waals surface area contributed by atoms with Crippen molar-refractivity contribution in [2.24, 2.45) is 0 Å². The molecular formula is C10H10BrNO3.